The van der Waals surface area contributed by atoms with Crippen LogP contribution in [0.5, 0.6) is 0 Å². The molecule has 0 saturated carbocycles. The first kappa shape index (κ1) is 18.5. The van der Waals surface area contributed by atoms with Crippen molar-refractivity contribution in [1.82, 2.24) is 4.31 Å². The maximum Gasteiger partial charge on any atom is 0.243 e. The van der Waals surface area contributed by atoms with Crippen molar-refractivity contribution in [1.29, 1.82) is 0 Å². The van der Waals surface area contributed by atoms with Crippen molar-refractivity contribution in [3.05, 3.63) is 59.7 Å². The summed E-state index contributed by atoms with van der Waals surface area (Å²) in [5.41, 5.74) is 0.716. The number of hydrogen-bond donors (Lipinski definition) is 1. The van der Waals surface area contributed by atoms with Gasteiger partial charge in [-0.25, -0.2) is 17.2 Å². The van der Waals surface area contributed by atoms with Crippen molar-refractivity contribution in [2.24, 2.45) is 0 Å². The van der Waals surface area contributed by atoms with Crippen LogP contribution in [0.2, 0.25) is 0 Å². The fourth-order valence-electron chi connectivity index (χ4n) is 2.93. The van der Waals surface area contributed by atoms with E-state index < -0.39 is 33.6 Å². The first-order valence-electron chi connectivity index (χ1n) is 8.13. The van der Waals surface area contributed by atoms with Crippen LogP contribution in [0.15, 0.2) is 47.4 Å². The van der Waals surface area contributed by atoms with Crippen molar-refractivity contribution in [2.45, 2.75) is 30.7 Å². The number of sulfonamides is 1. The second-order valence-electron chi connectivity index (χ2n) is 6.18. The van der Waals surface area contributed by atoms with Crippen molar-refractivity contribution >= 4 is 21.6 Å². The number of carbonyl (C=O) groups excluding carboxylic acids is 1. The van der Waals surface area contributed by atoms with Crippen molar-refractivity contribution in [2.75, 3.05) is 11.9 Å². The summed E-state index contributed by atoms with van der Waals surface area (Å²) in [6.07, 6.45) is 0.890. The fraction of sp³-hybridized carbons (Fsp3) is 0.278. The topological polar surface area (TPSA) is 66.5 Å². The Hall–Kier alpha value is -2.32. The third kappa shape index (κ3) is 3.61. The molecule has 2 aromatic carbocycles. The van der Waals surface area contributed by atoms with Gasteiger partial charge in [-0.05, 0) is 61.7 Å². The molecule has 1 N–H and O–H groups in total. The molecule has 1 heterocycles. The summed E-state index contributed by atoms with van der Waals surface area (Å²) in [5, 5.41) is 2.57. The van der Waals surface area contributed by atoms with Crippen molar-refractivity contribution < 1.29 is 22.0 Å². The number of nitrogens with zero attached hydrogens (tertiary/aromatic N) is 1. The van der Waals surface area contributed by atoms with Gasteiger partial charge in [-0.15, -0.1) is 0 Å². The summed E-state index contributed by atoms with van der Waals surface area (Å²) in [6.45, 7) is 1.80. The lowest BCUT2D eigenvalue weighted by Crippen LogP contribution is -2.43. The van der Waals surface area contributed by atoms with Crippen LogP contribution in [0, 0.1) is 18.6 Å². The maximum atomic E-state index is 13.6. The van der Waals surface area contributed by atoms with E-state index in [1.807, 2.05) is 0 Å². The summed E-state index contributed by atoms with van der Waals surface area (Å²) in [4.78, 5) is 12.5. The van der Waals surface area contributed by atoms with E-state index in [2.05, 4.69) is 5.32 Å². The molecule has 2 aromatic rings. The molecule has 138 valence electrons. The summed E-state index contributed by atoms with van der Waals surface area (Å²) < 4.78 is 53.4. The standard InChI is InChI=1S/C18H18F2N2O3S/c1-12-4-7-14(11-16(12)20)21-18(23)17-3-2-10-22(17)26(24,25)15-8-5-13(19)6-9-15/h4-9,11,17H,2-3,10H2,1H3,(H,21,23)/t17-/m0/s1. The van der Waals surface area contributed by atoms with E-state index in [9.17, 15) is 22.0 Å². The third-order valence-electron chi connectivity index (χ3n) is 4.37. The lowest BCUT2D eigenvalue weighted by Gasteiger charge is -2.23. The number of anilines is 1. The van der Waals surface area contributed by atoms with Gasteiger partial charge in [-0.1, -0.05) is 6.07 Å². The number of rotatable bonds is 4. The van der Waals surface area contributed by atoms with Gasteiger partial charge in [0.1, 0.15) is 17.7 Å². The molecule has 0 aliphatic carbocycles. The summed E-state index contributed by atoms with van der Waals surface area (Å²) in [6, 6.07) is 7.87. The highest BCUT2D eigenvalue weighted by atomic mass is 32.2. The molecule has 1 aliphatic heterocycles. The second-order valence-corrected chi connectivity index (χ2v) is 8.07. The monoisotopic (exact) mass is 380 g/mol. The van der Waals surface area contributed by atoms with Crippen LogP contribution in [-0.2, 0) is 14.8 Å². The number of aryl methyl sites for hydroxylation is 1. The van der Waals surface area contributed by atoms with E-state index in [4.69, 9.17) is 0 Å². The van der Waals surface area contributed by atoms with Gasteiger partial charge >= 0.3 is 0 Å². The molecular weight excluding hydrogens is 362 g/mol. The van der Waals surface area contributed by atoms with Gasteiger partial charge in [0.25, 0.3) is 0 Å². The summed E-state index contributed by atoms with van der Waals surface area (Å²) >= 11 is 0. The molecule has 0 aromatic heterocycles. The normalized spacial score (nSPS) is 18.0. The molecule has 1 amide bonds. The van der Waals surface area contributed by atoms with E-state index in [1.54, 1.807) is 13.0 Å². The predicted molar refractivity (Wildman–Crippen MR) is 93.1 cm³/mol. The zero-order chi connectivity index (χ0) is 18.9. The van der Waals surface area contributed by atoms with Crippen LogP contribution in [0.1, 0.15) is 18.4 Å². The number of nitrogens with one attached hydrogen (secondary N) is 1. The van der Waals surface area contributed by atoms with Crippen LogP contribution < -0.4 is 5.32 Å². The molecule has 3 rings (SSSR count). The van der Waals surface area contributed by atoms with Gasteiger partial charge in [-0.3, -0.25) is 4.79 Å². The van der Waals surface area contributed by atoms with E-state index >= 15 is 0 Å². The van der Waals surface area contributed by atoms with E-state index in [0.29, 0.717) is 18.4 Å². The number of carbonyl (C=O) groups is 1. The SMILES string of the molecule is Cc1ccc(NC(=O)[C@@H]2CCCN2S(=O)(=O)c2ccc(F)cc2)cc1F. The Kier molecular flexibility index (Phi) is 5.06. The molecule has 1 fully saturated rings. The quantitative estimate of drug-likeness (QED) is 0.887. The van der Waals surface area contributed by atoms with Crippen molar-refractivity contribution in [3.8, 4) is 0 Å². The Morgan fingerprint density at radius 1 is 1.15 bits per heavy atom. The second kappa shape index (κ2) is 7.13. The van der Waals surface area contributed by atoms with Gasteiger partial charge in [0, 0.05) is 12.2 Å². The fourth-order valence-corrected chi connectivity index (χ4v) is 4.58. The molecule has 5 nitrogen and oxygen atoms in total. The van der Waals surface area contributed by atoms with Crippen LogP contribution in [0.3, 0.4) is 0 Å². The smallest absolute Gasteiger partial charge is 0.243 e. The average Bonchev–Trinajstić information content (AvgIpc) is 3.09. The molecule has 1 atom stereocenters. The van der Waals surface area contributed by atoms with Crippen LogP contribution in [0.4, 0.5) is 14.5 Å². The lowest BCUT2D eigenvalue weighted by atomic mass is 10.2. The molecule has 0 unspecified atom stereocenters. The zero-order valence-corrected chi connectivity index (χ0v) is 14.9. The van der Waals surface area contributed by atoms with E-state index in [1.165, 1.54) is 24.3 Å². The molecule has 8 heteroatoms. The Bertz CT molecular complexity index is 930. The minimum absolute atomic E-state index is 0.0695. The molecule has 26 heavy (non-hydrogen) atoms. The highest BCUT2D eigenvalue weighted by Gasteiger charge is 2.39. The third-order valence-corrected chi connectivity index (χ3v) is 6.29. The Morgan fingerprint density at radius 2 is 1.85 bits per heavy atom. The largest absolute Gasteiger partial charge is 0.325 e. The first-order chi connectivity index (χ1) is 12.3. The van der Waals surface area contributed by atoms with Crippen LogP contribution in [0.25, 0.3) is 0 Å². The minimum Gasteiger partial charge on any atom is -0.325 e. The highest BCUT2D eigenvalue weighted by Crippen LogP contribution is 2.27. The van der Waals surface area contributed by atoms with Gasteiger partial charge in [0.2, 0.25) is 15.9 Å². The van der Waals surface area contributed by atoms with Gasteiger partial charge in [0.05, 0.1) is 4.90 Å². The number of hydrogen-bond acceptors (Lipinski definition) is 3. The molecule has 1 aliphatic rings. The van der Waals surface area contributed by atoms with Crippen molar-refractivity contribution in [3.63, 3.8) is 0 Å². The first-order valence-corrected chi connectivity index (χ1v) is 9.57. The number of amides is 1. The predicted octanol–water partition coefficient (Wildman–Crippen LogP) is 3.07. The van der Waals surface area contributed by atoms with Crippen LogP contribution >= 0.6 is 0 Å². The molecule has 0 spiro atoms. The average molecular weight is 380 g/mol. The molecule has 1 saturated heterocycles. The molecule has 0 radical (unpaired) electrons. The van der Waals surface area contributed by atoms with Gasteiger partial charge in [0.15, 0.2) is 0 Å². The lowest BCUT2D eigenvalue weighted by molar-refractivity contribution is -0.119. The maximum absolute atomic E-state index is 13.6. The molecular formula is C18H18F2N2O3S. The van der Waals surface area contributed by atoms with E-state index in [-0.39, 0.29) is 17.1 Å². The van der Waals surface area contributed by atoms with Crippen LogP contribution in [-0.4, -0.2) is 31.2 Å². The number of benzene rings is 2. The van der Waals surface area contributed by atoms with Gasteiger partial charge in [-0.2, -0.15) is 4.31 Å². The Morgan fingerprint density at radius 3 is 2.50 bits per heavy atom. The summed E-state index contributed by atoms with van der Waals surface area (Å²) in [5.74, 6) is -1.51. The molecule has 0 bridgehead atoms. The Labute approximate surface area is 150 Å². The zero-order valence-electron chi connectivity index (χ0n) is 14.1. The Balaban J connectivity index is 1.81. The summed E-state index contributed by atoms with van der Waals surface area (Å²) in [7, 11) is -3.93. The van der Waals surface area contributed by atoms with E-state index in [0.717, 1.165) is 16.4 Å². The van der Waals surface area contributed by atoms with Gasteiger partial charge < -0.3 is 5.32 Å². The number of halogens is 2. The highest BCUT2D eigenvalue weighted by molar-refractivity contribution is 7.89. The minimum atomic E-state index is -3.93.